The van der Waals surface area contributed by atoms with Gasteiger partial charge in [0.05, 0.1) is 12.7 Å². The molecule has 0 atom stereocenters. The van der Waals surface area contributed by atoms with E-state index in [1.807, 2.05) is 6.07 Å². The summed E-state index contributed by atoms with van der Waals surface area (Å²) in [5.41, 5.74) is 7.00. The maximum absolute atomic E-state index is 8.64. The summed E-state index contributed by atoms with van der Waals surface area (Å²) in [6.07, 6.45) is 9.48. The number of hydrogen-bond donors (Lipinski definition) is 2. The lowest BCUT2D eigenvalue weighted by atomic mass is 10.1. The molecule has 0 bridgehead atoms. The average molecular weight is 263 g/mol. The van der Waals surface area contributed by atoms with Crippen LogP contribution < -0.4 is 5.73 Å². The quantitative estimate of drug-likeness (QED) is 0.287. The first-order valence-corrected chi connectivity index (χ1v) is 6.84. The zero-order chi connectivity index (χ0) is 13.5. The van der Waals surface area contributed by atoms with Crippen LogP contribution in [0, 0.1) is 0 Å². The van der Waals surface area contributed by atoms with Gasteiger partial charge in [-0.05, 0) is 30.5 Å². The summed E-state index contributed by atoms with van der Waals surface area (Å²) >= 11 is 0. The van der Waals surface area contributed by atoms with Crippen LogP contribution in [0.4, 0.5) is 0 Å². The van der Waals surface area contributed by atoms with Gasteiger partial charge in [0.25, 0.3) is 0 Å². The Morgan fingerprint density at radius 2 is 2.11 bits per heavy atom. The van der Waals surface area contributed by atoms with Crippen molar-refractivity contribution >= 4 is 5.84 Å². The highest BCUT2D eigenvalue weighted by Gasteiger charge is 2.12. The van der Waals surface area contributed by atoms with Gasteiger partial charge in [-0.1, -0.05) is 30.8 Å². The number of ether oxygens (including phenoxy) is 1. The van der Waals surface area contributed by atoms with E-state index in [0.29, 0.717) is 18.4 Å². The van der Waals surface area contributed by atoms with E-state index in [2.05, 4.69) is 10.1 Å². The molecule has 3 N–H and O–H groups in total. The number of nitrogens with zero attached hydrogens (tertiary/aromatic N) is 2. The smallest absolute Gasteiger partial charge is 0.188 e. The highest BCUT2D eigenvalue weighted by molar-refractivity contribution is 5.95. The maximum atomic E-state index is 8.64. The molecule has 19 heavy (non-hydrogen) atoms. The lowest BCUT2D eigenvalue weighted by Crippen LogP contribution is -2.16. The first-order chi connectivity index (χ1) is 9.29. The lowest BCUT2D eigenvalue weighted by Gasteiger charge is -2.15. The van der Waals surface area contributed by atoms with E-state index in [4.69, 9.17) is 15.7 Å². The largest absolute Gasteiger partial charge is 0.409 e. The Balaban J connectivity index is 1.91. The van der Waals surface area contributed by atoms with Gasteiger partial charge in [-0.15, -0.1) is 0 Å². The van der Waals surface area contributed by atoms with E-state index in [-0.39, 0.29) is 5.84 Å². The molecule has 1 fully saturated rings. The highest BCUT2D eigenvalue weighted by Crippen LogP contribution is 2.20. The fraction of sp³-hybridized carbons (Fsp3) is 0.571. The van der Waals surface area contributed by atoms with Crippen molar-refractivity contribution in [3.8, 4) is 0 Å². The first kappa shape index (κ1) is 13.8. The number of amidine groups is 1. The SMILES string of the molecule is NC(=NO)c1cc(COC2CCCCCC2)ccn1. The number of hydrogen-bond acceptors (Lipinski definition) is 4. The van der Waals surface area contributed by atoms with Gasteiger partial charge in [0.15, 0.2) is 5.84 Å². The number of pyridine rings is 1. The molecule has 2 rings (SSSR count). The van der Waals surface area contributed by atoms with Crippen molar-refractivity contribution in [2.24, 2.45) is 10.9 Å². The standard InChI is InChI=1S/C14H21N3O2/c15-14(17-18)13-9-11(7-8-16-13)10-19-12-5-3-1-2-4-6-12/h7-9,12,18H,1-6,10H2,(H2,15,17). The van der Waals surface area contributed by atoms with Crippen LogP contribution in [0.15, 0.2) is 23.5 Å². The van der Waals surface area contributed by atoms with E-state index < -0.39 is 0 Å². The van der Waals surface area contributed by atoms with E-state index in [0.717, 1.165) is 18.4 Å². The van der Waals surface area contributed by atoms with Crippen molar-refractivity contribution in [2.45, 2.75) is 51.2 Å². The lowest BCUT2D eigenvalue weighted by molar-refractivity contribution is 0.0309. The second kappa shape index (κ2) is 7.09. The number of oxime groups is 1. The molecule has 1 aromatic heterocycles. The van der Waals surface area contributed by atoms with Gasteiger partial charge in [0.2, 0.25) is 0 Å². The molecule has 1 aliphatic carbocycles. The molecule has 1 aromatic rings. The van der Waals surface area contributed by atoms with Gasteiger partial charge < -0.3 is 15.7 Å². The molecule has 1 heterocycles. The molecule has 1 saturated carbocycles. The molecular formula is C14H21N3O2. The molecule has 5 heteroatoms. The van der Waals surface area contributed by atoms with Crippen LogP contribution in [-0.2, 0) is 11.3 Å². The monoisotopic (exact) mass is 263 g/mol. The Kier molecular flexibility index (Phi) is 5.15. The highest BCUT2D eigenvalue weighted by atomic mass is 16.5. The van der Waals surface area contributed by atoms with Crippen LogP contribution in [0.1, 0.15) is 49.8 Å². The molecule has 0 saturated heterocycles. The van der Waals surface area contributed by atoms with Crippen LogP contribution in [0.25, 0.3) is 0 Å². The summed E-state index contributed by atoms with van der Waals surface area (Å²) in [5.74, 6) is 0.0244. The van der Waals surface area contributed by atoms with Crippen LogP contribution in [0.2, 0.25) is 0 Å². The molecule has 0 aromatic carbocycles. The van der Waals surface area contributed by atoms with Crippen molar-refractivity contribution in [3.05, 3.63) is 29.6 Å². The zero-order valence-electron chi connectivity index (χ0n) is 11.1. The zero-order valence-corrected chi connectivity index (χ0v) is 11.1. The molecular weight excluding hydrogens is 242 g/mol. The topological polar surface area (TPSA) is 80.7 Å². The summed E-state index contributed by atoms with van der Waals surface area (Å²) in [4.78, 5) is 4.05. The van der Waals surface area contributed by atoms with Gasteiger partial charge in [0, 0.05) is 6.20 Å². The molecule has 0 spiro atoms. The summed E-state index contributed by atoms with van der Waals surface area (Å²) < 4.78 is 5.95. The predicted octanol–water partition coefficient (Wildman–Crippen LogP) is 2.42. The van der Waals surface area contributed by atoms with E-state index in [1.54, 1.807) is 12.3 Å². The maximum Gasteiger partial charge on any atom is 0.188 e. The normalized spacial score (nSPS) is 18.2. The fourth-order valence-electron chi connectivity index (χ4n) is 2.38. The Morgan fingerprint density at radius 3 is 2.79 bits per heavy atom. The van der Waals surface area contributed by atoms with Crippen molar-refractivity contribution < 1.29 is 9.94 Å². The number of rotatable bonds is 4. The van der Waals surface area contributed by atoms with Gasteiger partial charge >= 0.3 is 0 Å². The van der Waals surface area contributed by atoms with Crippen molar-refractivity contribution in [1.82, 2.24) is 4.98 Å². The molecule has 1 aliphatic rings. The van der Waals surface area contributed by atoms with E-state index in [1.165, 1.54) is 25.7 Å². The minimum Gasteiger partial charge on any atom is -0.409 e. The van der Waals surface area contributed by atoms with Gasteiger partial charge in [-0.2, -0.15) is 0 Å². The predicted molar refractivity (Wildman–Crippen MR) is 73.0 cm³/mol. The third-order valence-corrected chi connectivity index (χ3v) is 3.48. The minimum atomic E-state index is 0.0244. The third-order valence-electron chi connectivity index (χ3n) is 3.48. The molecule has 0 aliphatic heterocycles. The van der Waals surface area contributed by atoms with E-state index >= 15 is 0 Å². The summed E-state index contributed by atoms with van der Waals surface area (Å²) in [7, 11) is 0. The fourth-order valence-corrected chi connectivity index (χ4v) is 2.38. The Hall–Kier alpha value is -1.62. The Labute approximate surface area is 113 Å². The molecule has 0 amide bonds. The van der Waals surface area contributed by atoms with Crippen LogP contribution in [-0.4, -0.2) is 22.1 Å². The van der Waals surface area contributed by atoms with Crippen LogP contribution in [0.5, 0.6) is 0 Å². The molecule has 5 nitrogen and oxygen atoms in total. The van der Waals surface area contributed by atoms with Crippen LogP contribution in [0.3, 0.4) is 0 Å². The Morgan fingerprint density at radius 1 is 1.37 bits per heavy atom. The van der Waals surface area contributed by atoms with Crippen molar-refractivity contribution in [1.29, 1.82) is 0 Å². The average Bonchev–Trinajstić information content (AvgIpc) is 2.73. The first-order valence-electron chi connectivity index (χ1n) is 6.84. The van der Waals surface area contributed by atoms with Crippen molar-refractivity contribution in [2.75, 3.05) is 0 Å². The minimum absolute atomic E-state index is 0.0244. The van der Waals surface area contributed by atoms with Crippen molar-refractivity contribution in [3.63, 3.8) is 0 Å². The third kappa shape index (κ3) is 4.21. The second-order valence-electron chi connectivity index (χ2n) is 4.96. The van der Waals surface area contributed by atoms with Gasteiger partial charge in [0.1, 0.15) is 5.69 Å². The molecule has 104 valence electrons. The molecule has 0 unspecified atom stereocenters. The summed E-state index contributed by atoms with van der Waals surface area (Å²) in [6, 6.07) is 3.69. The van der Waals surface area contributed by atoms with Gasteiger partial charge in [-0.25, -0.2) is 0 Å². The Bertz CT molecular complexity index is 426. The van der Waals surface area contributed by atoms with Gasteiger partial charge in [-0.3, -0.25) is 4.98 Å². The second-order valence-corrected chi connectivity index (χ2v) is 4.96. The number of nitrogens with two attached hydrogens (primary N) is 1. The number of aromatic nitrogens is 1. The summed E-state index contributed by atoms with van der Waals surface area (Å²) in [5, 5.41) is 11.6. The van der Waals surface area contributed by atoms with E-state index in [9.17, 15) is 0 Å². The molecule has 0 radical (unpaired) electrons. The summed E-state index contributed by atoms with van der Waals surface area (Å²) in [6.45, 7) is 0.554. The van der Waals surface area contributed by atoms with Crippen LogP contribution >= 0.6 is 0 Å².